The molecule has 180 valence electrons. The molecule has 3 aliphatic heterocycles. The van der Waals surface area contributed by atoms with Gasteiger partial charge in [-0.1, -0.05) is 36.4 Å². The SMILES string of the molecule is O=C1[C@@H]2[C@@H]3C[C@@H](CN3C(=O)C(F)(F)C(F)(F)C(F)(F)F)N2C(=O)N1c1cccc2ccccc12. The second kappa shape index (κ2) is 6.83. The van der Waals surface area contributed by atoms with Gasteiger partial charge >= 0.3 is 24.1 Å². The Morgan fingerprint density at radius 3 is 2.24 bits per heavy atom. The van der Waals surface area contributed by atoms with E-state index in [-0.39, 0.29) is 17.0 Å². The van der Waals surface area contributed by atoms with Crippen LogP contribution in [0.4, 0.5) is 41.2 Å². The average molecular weight is 489 g/mol. The van der Waals surface area contributed by atoms with E-state index in [1.807, 2.05) is 0 Å². The van der Waals surface area contributed by atoms with Gasteiger partial charge in [-0.25, -0.2) is 9.69 Å². The number of amides is 4. The monoisotopic (exact) mass is 489 g/mol. The zero-order valence-corrected chi connectivity index (χ0v) is 16.9. The first-order chi connectivity index (χ1) is 15.8. The van der Waals surface area contributed by atoms with Gasteiger partial charge in [-0.2, -0.15) is 30.7 Å². The lowest BCUT2D eigenvalue weighted by atomic mass is 10.0. The fourth-order valence-electron chi connectivity index (χ4n) is 5.01. The second-order valence-corrected chi connectivity index (χ2v) is 8.37. The first-order valence-electron chi connectivity index (χ1n) is 10.1. The molecule has 13 heteroatoms. The molecule has 0 N–H and O–H groups in total. The van der Waals surface area contributed by atoms with Crippen LogP contribution in [0.2, 0.25) is 0 Å². The lowest BCUT2D eigenvalue weighted by Crippen LogP contribution is -2.64. The Bertz CT molecular complexity index is 1230. The fraction of sp³-hybridized carbons (Fsp3) is 0.381. The number of halogens is 7. The average Bonchev–Trinajstić information content (AvgIpc) is 3.43. The fourth-order valence-corrected chi connectivity index (χ4v) is 5.01. The highest BCUT2D eigenvalue weighted by Gasteiger charge is 2.78. The van der Waals surface area contributed by atoms with Gasteiger partial charge in [-0.05, 0) is 17.9 Å². The quantitative estimate of drug-likeness (QED) is 0.487. The normalized spacial score (nSPS) is 25.0. The molecule has 3 atom stereocenters. The van der Waals surface area contributed by atoms with Crippen LogP contribution in [0.5, 0.6) is 0 Å². The van der Waals surface area contributed by atoms with Gasteiger partial charge in [-0.15, -0.1) is 0 Å². The van der Waals surface area contributed by atoms with Gasteiger partial charge in [0, 0.05) is 11.9 Å². The summed E-state index contributed by atoms with van der Waals surface area (Å²) in [4.78, 5) is 40.6. The molecule has 0 radical (unpaired) electrons. The molecule has 2 aromatic rings. The Morgan fingerprint density at radius 1 is 0.912 bits per heavy atom. The number of carbonyl (C=O) groups excluding carboxylic acids is 3. The number of carbonyl (C=O) groups is 3. The lowest BCUT2D eigenvalue weighted by Gasteiger charge is -2.38. The summed E-state index contributed by atoms with van der Waals surface area (Å²) in [6.45, 7) is -0.689. The Kier molecular flexibility index (Phi) is 4.50. The molecule has 4 amide bonds. The highest BCUT2D eigenvalue weighted by Crippen LogP contribution is 2.50. The van der Waals surface area contributed by atoms with Gasteiger partial charge in [0.1, 0.15) is 6.04 Å². The minimum atomic E-state index is -6.67. The number of urea groups is 1. The molecule has 3 aliphatic rings. The maximum atomic E-state index is 14.1. The number of alkyl halides is 7. The smallest absolute Gasteiger partial charge is 0.330 e. The molecule has 0 saturated carbocycles. The summed E-state index contributed by atoms with van der Waals surface area (Å²) in [7, 11) is 0. The number of hydrogen-bond donors (Lipinski definition) is 0. The summed E-state index contributed by atoms with van der Waals surface area (Å²) in [5.74, 6) is -16.3. The third-order valence-electron chi connectivity index (χ3n) is 6.55. The molecular weight excluding hydrogens is 475 g/mol. The van der Waals surface area contributed by atoms with Gasteiger partial charge in [0.2, 0.25) is 0 Å². The van der Waals surface area contributed by atoms with Crippen molar-refractivity contribution in [3.63, 3.8) is 0 Å². The Balaban J connectivity index is 1.48. The number of imide groups is 1. The molecule has 3 saturated heterocycles. The van der Waals surface area contributed by atoms with Crippen molar-refractivity contribution in [2.75, 3.05) is 11.4 Å². The highest BCUT2D eigenvalue weighted by molar-refractivity contribution is 6.25. The molecule has 2 aromatic carbocycles. The predicted octanol–water partition coefficient (Wildman–Crippen LogP) is 3.79. The molecule has 0 aliphatic carbocycles. The van der Waals surface area contributed by atoms with Crippen LogP contribution in [-0.4, -0.2) is 70.3 Å². The standard InChI is InChI=1S/C21H14F7N3O3/c22-19(23,20(24,25)21(26,27)28)17(33)29-9-11-8-14(29)15-16(32)31(18(34)30(11)15)13-7-3-5-10-4-1-2-6-12(10)13/h1-7,11,14-15H,8-9H2/t11-,14-,15-/m0/s1. The molecular formula is C21H14F7N3O3. The molecule has 0 spiro atoms. The number of fused-ring (bicyclic) bond motifs is 6. The summed E-state index contributed by atoms with van der Waals surface area (Å²) in [6.07, 6.45) is -6.85. The van der Waals surface area contributed by atoms with Crippen LogP contribution in [-0.2, 0) is 9.59 Å². The zero-order valence-electron chi connectivity index (χ0n) is 16.9. The zero-order chi connectivity index (χ0) is 24.8. The molecule has 34 heavy (non-hydrogen) atoms. The van der Waals surface area contributed by atoms with Crippen molar-refractivity contribution in [3.05, 3.63) is 42.5 Å². The largest absolute Gasteiger partial charge is 0.460 e. The van der Waals surface area contributed by atoms with Crippen molar-refractivity contribution in [2.24, 2.45) is 0 Å². The summed E-state index contributed by atoms with van der Waals surface area (Å²) in [6, 6.07) is 6.92. The molecule has 0 unspecified atom stereocenters. The number of nitrogens with zero attached hydrogens (tertiary/aromatic N) is 3. The van der Waals surface area contributed by atoms with Crippen LogP contribution in [0.1, 0.15) is 6.42 Å². The number of anilines is 1. The Hall–Kier alpha value is -3.38. The van der Waals surface area contributed by atoms with Crippen molar-refractivity contribution < 1.29 is 45.1 Å². The molecule has 3 heterocycles. The van der Waals surface area contributed by atoms with E-state index in [4.69, 9.17) is 0 Å². The third-order valence-corrected chi connectivity index (χ3v) is 6.55. The van der Waals surface area contributed by atoms with Crippen LogP contribution < -0.4 is 4.90 Å². The van der Waals surface area contributed by atoms with E-state index in [0.29, 0.717) is 10.8 Å². The number of benzene rings is 2. The van der Waals surface area contributed by atoms with Crippen LogP contribution in [0.25, 0.3) is 10.8 Å². The van der Waals surface area contributed by atoms with Crippen LogP contribution in [0.15, 0.2) is 42.5 Å². The van der Waals surface area contributed by atoms with E-state index in [2.05, 4.69) is 0 Å². The van der Waals surface area contributed by atoms with Gasteiger partial charge < -0.3 is 9.80 Å². The van der Waals surface area contributed by atoms with Crippen LogP contribution in [0.3, 0.4) is 0 Å². The third kappa shape index (κ3) is 2.72. The topological polar surface area (TPSA) is 60.9 Å². The minimum absolute atomic E-state index is 0.170. The van der Waals surface area contributed by atoms with E-state index < -0.39 is 60.5 Å². The van der Waals surface area contributed by atoms with Crippen molar-refractivity contribution in [2.45, 2.75) is 42.6 Å². The van der Waals surface area contributed by atoms with E-state index in [0.717, 1.165) is 9.80 Å². The van der Waals surface area contributed by atoms with E-state index in [9.17, 15) is 45.1 Å². The van der Waals surface area contributed by atoms with E-state index in [1.54, 1.807) is 36.4 Å². The highest BCUT2D eigenvalue weighted by atomic mass is 19.4. The van der Waals surface area contributed by atoms with Crippen LogP contribution >= 0.6 is 0 Å². The van der Waals surface area contributed by atoms with Crippen molar-refractivity contribution >= 4 is 34.3 Å². The van der Waals surface area contributed by atoms with E-state index >= 15 is 0 Å². The molecule has 2 bridgehead atoms. The lowest BCUT2D eigenvalue weighted by molar-refractivity contribution is -0.346. The van der Waals surface area contributed by atoms with Crippen molar-refractivity contribution in [1.82, 2.24) is 9.80 Å². The van der Waals surface area contributed by atoms with Gasteiger partial charge in [0.15, 0.2) is 0 Å². The number of likely N-dealkylation sites (tertiary alicyclic amines) is 1. The van der Waals surface area contributed by atoms with E-state index in [1.165, 1.54) is 6.07 Å². The number of hydrogen-bond acceptors (Lipinski definition) is 3. The number of rotatable bonds is 3. The summed E-state index contributed by atoms with van der Waals surface area (Å²) in [5.41, 5.74) is 0.203. The molecule has 0 aromatic heterocycles. The van der Waals surface area contributed by atoms with Crippen LogP contribution in [0, 0.1) is 0 Å². The number of piperazine rings is 1. The summed E-state index contributed by atoms with van der Waals surface area (Å²) in [5, 5.41) is 1.23. The summed E-state index contributed by atoms with van der Waals surface area (Å²) >= 11 is 0. The van der Waals surface area contributed by atoms with Gasteiger partial charge in [0.25, 0.3) is 11.8 Å². The summed E-state index contributed by atoms with van der Waals surface area (Å²) < 4.78 is 92.6. The minimum Gasteiger partial charge on any atom is -0.330 e. The first-order valence-corrected chi connectivity index (χ1v) is 10.1. The maximum absolute atomic E-state index is 14.1. The maximum Gasteiger partial charge on any atom is 0.460 e. The predicted molar refractivity (Wildman–Crippen MR) is 102 cm³/mol. The van der Waals surface area contributed by atoms with Gasteiger partial charge in [-0.3, -0.25) is 9.59 Å². The Morgan fingerprint density at radius 2 is 1.56 bits per heavy atom. The van der Waals surface area contributed by atoms with Crippen molar-refractivity contribution in [1.29, 1.82) is 0 Å². The Labute approximate surface area is 186 Å². The van der Waals surface area contributed by atoms with Gasteiger partial charge in [0.05, 0.1) is 17.8 Å². The molecule has 6 nitrogen and oxygen atoms in total. The molecule has 5 rings (SSSR count). The van der Waals surface area contributed by atoms with Crippen molar-refractivity contribution in [3.8, 4) is 0 Å². The molecule has 3 fully saturated rings. The first kappa shape index (κ1) is 22.4. The second-order valence-electron chi connectivity index (χ2n) is 8.37.